The molecule has 3 atom stereocenters. The number of hydrazone groups is 1. The topological polar surface area (TPSA) is 132 Å². The van der Waals surface area contributed by atoms with Crippen LogP contribution in [0.4, 0.5) is 5.69 Å². The summed E-state index contributed by atoms with van der Waals surface area (Å²) >= 11 is 0. The number of carbonyl (C=O) groups is 1. The maximum absolute atomic E-state index is 11.6. The minimum Gasteiger partial charge on any atom is -0.464 e. The molecule has 0 spiro atoms. The molecule has 0 fully saturated rings. The van der Waals surface area contributed by atoms with E-state index in [0.717, 1.165) is 7.11 Å². The average Bonchev–Trinajstić information content (AvgIpc) is 2.53. The van der Waals surface area contributed by atoms with Gasteiger partial charge in [0, 0.05) is 0 Å². The number of nitrogens with zero attached hydrogens (tertiary/aromatic N) is 1. The standard InChI is InChI=1S/C13H18N2O6/c1-21-13(20)10(12(19)11(18)9(17)7-16)15-14-8-5-3-2-4-6-8/h2-6,9,11-12,14,16-19H,7H2,1H3/b15-10-/t9-,11-,12-/m0/s1. The smallest absolute Gasteiger partial charge is 0.357 e. The fourth-order valence-corrected chi connectivity index (χ4v) is 1.45. The van der Waals surface area contributed by atoms with Crippen LogP contribution < -0.4 is 5.43 Å². The first-order valence-corrected chi connectivity index (χ1v) is 6.13. The summed E-state index contributed by atoms with van der Waals surface area (Å²) in [6, 6.07) is 8.59. The Morgan fingerprint density at radius 3 is 2.43 bits per heavy atom. The summed E-state index contributed by atoms with van der Waals surface area (Å²) < 4.78 is 4.46. The zero-order chi connectivity index (χ0) is 15.8. The second-order valence-electron chi connectivity index (χ2n) is 4.15. The predicted octanol–water partition coefficient (Wildman–Crippen LogP) is -1.30. The molecule has 21 heavy (non-hydrogen) atoms. The molecular formula is C13H18N2O6. The Balaban J connectivity index is 2.92. The normalized spacial score (nSPS) is 16.0. The van der Waals surface area contributed by atoms with Crippen LogP contribution in [0, 0.1) is 0 Å². The van der Waals surface area contributed by atoms with E-state index >= 15 is 0 Å². The van der Waals surface area contributed by atoms with Crippen LogP contribution >= 0.6 is 0 Å². The summed E-state index contributed by atoms with van der Waals surface area (Å²) in [7, 11) is 1.09. The monoisotopic (exact) mass is 298 g/mol. The van der Waals surface area contributed by atoms with Crippen LogP contribution in [-0.2, 0) is 9.53 Å². The van der Waals surface area contributed by atoms with Gasteiger partial charge in [0.25, 0.3) is 0 Å². The number of hydrogen-bond donors (Lipinski definition) is 5. The van der Waals surface area contributed by atoms with E-state index in [4.69, 9.17) is 5.11 Å². The van der Waals surface area contributed by atoms with Crippen molar-refractivity contribution in [3.8, 4) is 0 Å². The highest BCUT2D eigenvalue weighted by Crippen LogP contribution is 2.08. The van der Waals surface area contributed by atoms with Crippen molar-refractivity contribution in [2.75, 3.05) is 19.1 Å². The number of rotatable bonds is 7. The first-order chi connectivity index (χ1) is 10.0. The van der Waals surface area contributed by atoms with Crippen molar-refractivity contribution in [2.24, 2.45) is 5.10 Å². The number of para-hydroxylation sites is 1. The van der Waals surface area contributed by atoms with Gasteiger partial charge in [-0.3, -0.25) is 5.43 Å². The molecular weight excluding hydrogens is 280 g/mol. The van der Waals surface area contributed by atoms with Gasteiger partial charge >= 0.3 is 5.97 Å². The number of aliphatic hydroxyl groups excluding tert-OH is 4. The Morgan fingerprint density at radius 1 is 1.29 bits per heavy atom. The molecule has 0 saturated heterocycles. The lowest BCUT2D eigenvalue weighted by atomic mass is 10.0. The quantitative estimate of drug-likeness (QED) is 0.240. The number of benzene rings is 1. The van der Waals surface area contributed by atoms with E-state index in [-0.39, 0.29) is 0 Å². The predicted molar refractivity (Wildman–Crippen MR) is 74.6 cm³/mol. The highest BCUT2D eigenvalue weighted by Gasteiger charge is 2.33. The lowest BCUT2D eigenvalue weighted by Gasteiger charge is -2.21. The third kappa shape index (κ3) is 4.80. The number of hydrogen-bond acceptors (Lipinski definition) is 8. The molecule has 1 aromatic rings. The number of aliphatic hydroxyl groups is 4. The maximum atomic E-state index is 11.6. The first kappa shape index (κ1) is 17.1. The van der Waals surface area contributed by atoms with E-state index in [1.807, 2.05) is 0 Å². The second-order valence-corrected chi connectivity index (χ2v) is 4.15. The lowest BCUT2D eigenvalue weighted by molar-refractivity contribution is -0.134. The Kier molecular flexibility index (Phi) is 6.76. The summed E-state index contributed by atoms with van der Waals surface area (Å²) in [4.78, 5) is 11.6. The second kappa shape index (κ2) is 8.32. The molecule has 8 nitrogen and oxygen atoms in total. The maximum Gasteiger partial charge on any atom is 0.357 e. The van der Waals surface area contributed by atoms with Crippen molar-refractivity contribution in [1.82, 2.24) is 0 Å². The molecule has 0 amide bonds. The summed E-state index contributed by atoms with van der Waals surface area (Å²) in [6.07, 6.45) is -5.23. The van der Waals surface area contributed by atoms with Crippen LogP contribution in [0.15, 0.2) is 35.4 Å². The minimum atomic E-state index is -1.82. The fourth-order valence-electron chi connectivity index (χ4n) is 1.45. The van der Waals surface area contributed by atoms with E-state index in [2.05, 4.69) is 15.3 Å². The summed E-state index contributed by atoms with van der Waals surface area (Å²) in [5, 5.41) is 41.2. The molecule has 0 aliphatic rings. The molecule has 5 N–H and O–H groups in total. The molecule has 0 aromatic heterocycles. The van der Waals surface area contributed by atoms with Gasteiger partial charge in [0.05, 0.1) is 19.4 Å². The van der Waals surface area contributed by atoms with Crippen molar-refractivity contribution in [2.45, 2.75) is 18.3 Å². The number of carbonyl (C=O) groups excluding carboxylic acids is 1. The number of ether oxygens (including phenoxy) is 1. The molecule has 1 rings (SSSR count). The van der Waals surface area contributed by atoms with Crippen molar-refractivity contribution >= 4 is 17.4 Å². The number of anilines is 1. The van der Waals surface area contributed by atoms with Gasteiger partial charge in [-0.15, -0.1) is 0 Å². The highest BCUT2D eigenvalue weighted by atomic mass is 16.5. The molecule has 0 heterocycles. The van der Waals surface area contributed by atoms with Gasteiger partial charge in [-0.1, -0.05) is 18.2 Å². The third-order valence-electron chi connectivity index (χ3n) is 2.66. The molecule has 0 unspecified atom stereocenters. The molecule has 0 saturated carbocycles. The van der Waals surface area contributed by atoms with E-state index < -0.39 is 36.6 Å². The Labute approximate surface area is 121 Å². The molecule has 0 aliphatic heterocycles. The van der Waals surface area contributed by atoms with Crippen LogP contribution in [0.1, 0.15) is 0 Å². The van der Waals surface area contributed by atoms with Crippen molar-refractivity contribution in [3.05, 3.63) is 30.3 Å². The minimum absolute atomic E-state index is 0.527. The van der Waals surface area contributed by atoms with Crippen molar-refractivity contribution in [1.29, 1.82) is 0 Å². The molecule has 116 valence electrons. The molecule has 1 aromatic carbocycles. The number of nitrogens with one attached hydrogen (secondary N) is 1. The van der Waals surface area contributed by atoms with Gasteiger partial charge < -0.3 is 25.2 Å². The SMILES string of the molecule is COC(=O)/C(=N\Nc1ccccc1)[C@H](O)[C@@H](O)[C@@H](O)CO. The fraction of sp³-hybridized carbons (Fsp3) is 0.385. The van der Waals surface area contributed by atoms with E-state index in [1.165, 1.54) is 0 Å². The molecule has 0 radical (unpaired) electrons. The third-order valence-corrected chi connectivity index (χ3v) is 2.66. The summed E-state index contributed by atoms with van der Waals surface area (Å²) in [5.41, 5.74) is 2.54. The molecule has 0 aliphatic carbocycles. The first-order valence-electron chi connectivity index (χ1n) is 6.13. The van der Waals surface area contributed by atoms with Gasteiger partial charge in [-0.05, 0) is 12.1 Å². The number of esters is 1. The van der Waals surface area contributed by atoms with E-state index in [0.29, 0.717) is 5.69 Å². The molecule has 8 heteroatoms. The average molecular weight is 298 g/mol. The lowest BCUT2D eigenvalue weighted by Crippen LogP contribution is -2.46. The zero-order valence-corrected chi connectivity index (χ0v) is 11.4. The largest absolute Gasteiger partial charge is 0.464 e. The van der Waals surface area contributed by atoms with Crippen molar-refractivity contribution < 1.29 is 30.0 Å². The Hall–Kier alpha value is -2.00. The van der Waals surface area contributed by atoms with Crippen LogP contribution in [-0.4, -0.2) is 64.1 Å². The van der Waals surface area contributed by atoms with Crippen LogP contribution in [0.3, 0.4) is 0 Å². The van der Waals surface area contributed by atoms with Gasteiger partial charge in [0.15, 0.2) is 5.71 Å². The zero-order valence-electron chi connectivity index (χ0n) is 11.4. The van der Waals surface area contributed by atoms with Gasteiger partial charge in [-0.2, -0.15) is 5.10 Å². The number of methoxy groups -OCH3 is 1. The van der Waals surface area contributed by atoms with Crippen LogP contribution in [0.5, 0.6) is 0 Å². The van der Waals surface area contributed by atoms with E-state index in [9.17, 15) is 20.1 Å². The summed E-state index contributed by atoms with van der Waals surface area (Å²) in [6.45, 7) is -0.779. The van der Waals surface area contributed by atoms with E-state index in [1.54, 1.807) is 30.3 Å². The van der Waals surface area contributed by atoms with Crippen LogP contribution in [0.2, 0.25) is 0 Å². The molecule has 0 bridgehead atoms. The Morgan fingerprint density at radius 2 is 1.90 bits per heavy atom. The highest BCUT2D eigenvalue weighted by molar-refractivity contribution is 6.38. The van der Waals surface area contributed by atoms with Gasteiger partial charge in [0.2, 0.25) is 0 Å². The van der Waals surface area contributed by atoms with Crippen molar-refractivity contribution in [3.63, 3.8) is 0 Å². The van der Waals surface area contributed by atoms with Gasteiger partial charge in [0.1, 0.15) is 18.3 Å². The van der Waals surface area contributed by atoms with Gasteiger partial charge in [-0.25, -0.2) is 4.79 Å². The van der Waals surface area contributed by atoms with Crippen LogP contribution in [0.25, 0.3) is 0 Å². The Bertz CT molecular complexity index is 479. The summed E-state index contributed by atoms with van der Waals surface area (Å²) in [5.74, 6) is -0.977.